The molecule has 0 aliphatic carbocycles. The van der Waals surface area contributed by atoms with Gasteiger partial charge in [-0.2, -0.15) is 0 Å². The smallest absolute Gasteiger partial charge is 0.305 e. The van der Waals surface area contributed by atoms with Crippen LogP contribution < -0.4 is 10.3 Å². The van der Waals surface area contributed by atoms with Crippen LogP contribution in [-0.4, -0.2) is 29.7 Å². The summed E-state index contributed by atoms with van der Waals surface area (Å²) in [5.41, 5.74) is 2.81. The number of carbonyl (C=O) groups excluding carboxylic acids is 1. The third kappa shape index (κ3) is 4.05. The summed E-state index contributed by atoms with van der Waals surface area (Å²) in [4.78, 5) is 31.5. The molecule has 0 fully saturated rings. The van der Waals surface area contributed by atoms with E-state index in [1.807, 2.05) is 39.0 Å². The molecule has 0 spiro atoms. The van der Waals surface area contributed by atoms with Gasteiger partial charge in [0.1, 0.15) is 16.4 Å². The van der Waals surface area contributed by atoms with E-state index in [1.54, 1.807) is 11.7 Å². The SMILES string of the molecule is CCc1nc2sc(C)c(-c3cc(C)ccc3OC)c2c(=O)n1CCCC(=O)OC. The number of thiophene rings is 1. The Hall–Kier alpha value is -2.67. The highest BCUT2D eigenvalue weighted by atomic mass is 32.1. The summed E-state index contributed by atoms with van der Waals surface area (Å²) in [5, 5.41) is 0.617. The van der Waals surface area contributed by atoms with E-state index in [-0.39, 0.29) is 17.9 Å². The molecule has 0 saturated heterocycles. The molecular formula is C22H26N2O4S. The summed E-state index contributed by atoms with van der Waals surface area (Å²) in [7, 11) is 3.01. The zero-order chi connectivity index (χ0) is 21.1. The Labute approximate surface area is 174 Å². The second kappa shape index (κ2) is 8.78. The van der Waals surface area contributed by atoms with E-state index in [0.29, 0.717) is 24.8 Å². The van der Waals surface area contributed by atoms with Crippen molar-refractivity contribution in [3.05, 3.63) is 44.8 Å². The topological polar surface area (TPSA) is 70.4 Å². The fourth-order valence-corrected chi connectivity index (χ4v) is 4.61. The number of aromatic nitrogens is 2. The zero-order valence-corrected chi connectivity index (χ0v) is 18.3. The summed E-state index contributed by atoms with van der Waals surface area (Å²) in [6, 6.07) is 5.96. The van der Waals surface area contributed by atoms with Gasteiger partial charge in [-0.15, -0.1) is 11.3 Å². The highest BCUT2D eigenvalue weighted by molar-refractivity contribution is 7.19. The molecule has 0 radical (unpaired) electrons. The van der Waals surface area contributed by atoms with Gasteiger partial charge in [0.2, 0.25) is 0 Å². The van der Waals surface area contributed by atoms with Crippen molar-refractivity contribution in [1.29, 1.82) is 0 Å². The maximum Gasteiger partial charge on any atom is 0.305 e. The Balaban J connectivity index is 2.20. The largest absolute Gasteiger partial charge is 0.496 e. The maximum absolute atomic E-state index is 13.5. The number of nitrogens with zero attached hydrogens (tertiary/aromatic N) is 2. The Kier molecular flexibility index (Phi) is 6.37. The van der Waals surface area contributed by atoms with Gasteiger partial charge in [-0.05, 0) is 32.4 Å². The Morgan fingerprint density at radius 2 is 2.00 bits per heavy atom. The van der Waals surface area contributed by atoms with Crippen molar-refractivity contribution in [2.45, 2.75) is 46.6 Å². The second-order valence-electron chi connectivity index (χ2n) is 6.94. The fraction of sp³-hybridized carbons (Fsp3) is 0.409. The number of aryl methyl sites for hydroxylation is 3. The Morgan fingerprint density at radius 3 is 2.66 bits per heavy atom. The van der Waals surface area contributed by atoms with Crippen LogP contribution in [0.25, 0.3) is 21.3 Å². The van der Waals surface area contributed by atoms with Crippen LogP contribution in [-0.2, 0) is 22.5 Å². The van der Waals surface area contributed by atoms with Crippen molar-refractivity contribution in [3.63, 3.8) is 0 Å². The molecular weight excluding hydrogens is 388 g/mol. The van der Waals surface area contributed by atoms with Crippen LogP contribution in [0, 0.1) is 13.8 Å². The number of ether oxygens (including phenoxy) is 2. The van der Waals surface area contributed by atoms with E-state index in [9.17, 15) is 9.59 Å². The van der Waals surface area contributed by atoms with Gasteiger partial charge in [0.05, 0.1) is 19.6 Å². The van der Waals surface area contributed by atoms with Crippen molar-refractivity contribution >= 4 is 27.5 Å². The zero-order valence-electron chi connectivity index (χ0n) is 17.5. The van der Waals surface area contributed by atoms with Crippen LogP contribution in [0.15, 0.2) is 23.0 Å². The molecule has 0 saturated carbocycles. The van der Waals surface area contributed by atoms with Crippen LogP contribution in [0.3, 0.4) is 0 Å². The van der Waals surface area contributed by atoms with E-state index >= 15 is 0 Å². The van der Waals surface area contributed by atoms with E-state index in [4.69, 9.17) is 14.5 Å². The molecule has 0 unspecified atom stereocenters. The lowest BCUT2D eigenvalue weighted by molar-refractivity contribution is -0.140. The number of esters is 1. The number of carbonyl (C=O) groups is 1. The van der Waals surface area contributed by atoms with Gasteiger partial charge in [-0.25, -0.2) is 4.98 Å². The molecule has 2 heterocycles. The summed E-state index contributed by atoms with van der Waals surface area (Å²) in [6.07, 6.45) is 1.44. The van der Waals surface area contributed by atoms with E-state index in [0.717, 1.165) is 38.0 Å². The molecule has 0 atom stereocenters. The summed E-state index contributed by atoms with van der Waals surface area (Å²) < 4.78 is 12.0. The first-order valence-electron chi connectivity index (χ1n) is 9.65. The van der Waals surface area contributed by atoms with Crippen molar-refractivity contribution in [1.82, 2.24) is 9.55 Å². The van der Waals surface area contributed by atoms with Crippen molar-refractivity contribution < 1.29 is 14.3 Å². The van der Waals surface area contributed by atoms with Crippen LogP contribution in [0.2, 0.25) is 0 Å². The average molecular weight is 415 g/mol. The van der Waals surface area contributed by atoms with Gasteiger partial charge in [0.25, 0.3) is 5.56 Å². The lowest BCUT2D eigenvalue weighted by Crippen LogP contribution is -2.25. The number of fused-ring (bicyclic) bond motifs is 1. The van der Waals surface area contributed by atoms with Gasteiger partial charge in [-0.3, -0.25) is 14.2 Å². The lowest BCUT2D eigenvalue weighted by Gasteiger charge is -2.13. The number of benzene rings is 1. The van der Waals surface area contributed by atoms with E-state index in [1.165, 1.54) is 18.4 Å². The van der Waals surface area contributed by atoms with Gasteiger partial charge in [0, 0.05) is 35.4 Å². The third-order valence-electron chi connectivity index (χ3n) is 5.00. The molecule has 29 heavy (non-hydrogen) atoms. The van der Waals surface area contributed by atoms with Crippen molar-refractivity contribution in [3.8, 4) is 16.9 Å². The first kappa shape index (κ1) is 21.0. The number of hydrogen-bond donors (Lipinski definition) is 0. The predicted molar refractivity (Wildman–Crippen MR) is 116 cm³/mol. The first-order chi connectivity index (χ1) is 13.9. The number of rotatable bonds is 7. The molecule has 0 aliphatic rings. The minimum absolute atomic E-state index is 0.0698. The van der Waals surface area contributed by atoms with E-state index < -0.39 is 0 Å². The molecule has 3 aromatic rings. The lowest BCUT2D eigenvalue weighted by atomic mass is 10.0. The van der Waals surface area contributed by atoms with Gasteiger partial charge < -0.3 is 9.47 Å². The Morgan fingerprint density at radius 1 is 1.24 bits per heavy atom. The molecule has 7 heteroatoms. The molecule has 1 aromatic carbocycles. The highest BCUT2D eigenvalue weighted by Crippen LogP contribution is 2.40. The molecule has 154 valence electrons. The minimum Gasteiger partial charge on any atom is -0.496 e. The average Bonchev–Trinajstić information content (AvgIpc) is 3.04. The molecule has 2 aromatic heterocycles. The van der Waals surface area contributed by atoms with Crippen molar-refractivity contribution in [2.75, 3.05) is 14.2 Å². The fourth-order valence-electron chi connectivity index (χ4n) is 3.56. The van der Waals surface area contributed by atoms with Crippen molar-refractivity contribution in [2.24, 2.45) is 0 Å². The molecule has 0 aliphatic heterocycles. The van der Waals surface area contributed by atoms with Crippen LogP contribution >= 0.6 is 11.3 Å². The summed E-state index contributed by atoms with van der Waals surface area (Å²) in [6.45, 7) is 6.44. The molecule has 3 rings (SSSR count). The standard InChI is InChI=1S/C22H26N2O4S/c1-6-17-23-21-20(22(26)24(17)11-7-8-18(25)28-5)19(14(3)29-21)15-12-13(2)9-10-16(15)27-4/h9-10,12H,6-8,11H2,1-5H3. The number of hydrogen-bond acceptors (Lipinski definition) is 6. The minimum atomic E-state index is -0.276. The predicted octanol–water partition coefficient (Wildman–Crippen LogP) is 4.27. The third-order valence-corrected chi connectivity index (χ3v) is 6.00. The quantitative estimate of drug-likeness (QED) is 0.540. The maximum atomic E-state index is 13.5. The highest BCUT2D eigenvalue weighted by Gasteiger charge is 2.21. The van der Waals surface area contributed by atoms with Crippen LogP contribution in [0.5, 0.6) is 5.75 Å². The molecule has 6 nitrogen and oxygen atoms in total. The van der Waals surface area contributed by atoms with Gasteiger partial charge in [0.15, 0.2) is 0 Å². The molecule has 0 N–H and O–H groups in total. The monoisotopic (exact) mass is 414 g/mol. The van der Waals surface area contributed by atoms with E-state index in [2.05, 4.69) is 0 Å². The first-order valence-corrected chi connectivity index (χ1v) is 10.5. The summed E-state index contributed by atoms with van der Waals surface area (Å²) in [5.74, 6) is 1.19. The molecule has 0 bridgehead atoms. The normalized spacial score (nSPS) is 11.1. The summed E-state index contributed by atoms with van der Waals surface area (Å²) >= 11 is 1.53. The Bertz CT molecular complexity index is 1110. The van der Waals surface area contributed by atoms with Crippen LogP contribution in [0.4, 0.5) is 0 Å². The van der Waals surface area contributed by atoms with Gasteiger partial charge in [-0.1, -0.05) is 18.6 Å². The molecule has 0 amide bonds. The second-order valence-corrected chi connectivity index (χ2v) is 8.14. The van der Waals surface area contributed by atoms with Gasteiger partial charge >= 0.3 is 5.97 Å². The van der Waals surface area contributed by atoms with Crippen LogP contribution in [0.1, 0.15) is 36.0 Å². The number of methoxy groups -OCH3 is 2.